The average Bonchev–Trinajstić information content (AvgIpc) is 3.40. The summed E-state index contributed by atoms with van der Waals surface area (Å²) in [6.07, 6.45) is -0.905. The van der Waals surface area contributed by atoms with E-state index in [4.69, 9.17) is 0 Å². The van der Waals surface area contributed by atoms with Gasteiger partial charge < -0.3 is 18.5 Å². The average molecular weight is 922 g/mol. The van der Waals surface area contributed by atoms with E-state index in [9.17, 15) is 29.1 Å². The van der Waals surface area contributed by atoms with Crippen molar-refractivity contribution in [2.24, 2.45) is 0 Å². The number of para-hydroxylation sites is 6. The smallest absolute Gasteiger partial charge is 0.197 e. The summed E-state index contributed by atoms with van der Waals surface area (Å²) < 4.78 is 6.11. The minimum atomic E-state index is -1.62. The topological polar surface area (TPSA) is 119 Å². The predicted molar refractivity (Wildman–Crippen MR) is 284 cm³/mol. The number of aliphatic hydroxyl groups is 1. The molecule has 1 N–H and O–H groups in total. The van der Waals surface area contributed by atoms with Gasteiger partial charge in [0.15, 0.2) is 27.1 Å². The van der Waals surface area contributed by atoms with Gasteiger partial charge in [-0.15, -0.1) is 0 Å². The number of aliphatic hydroxyl groups excluding tert-OH is 1. The number of rotatable bonds is 3. The van der Waals surface area contributed by atoms with Gasteiger partial charge in [0, 0.05) is 65.0 Å². The lowest BCUT2D eigenvalue weighted by Crippen LogP contribution is -2.24. The molecule has 6 heterocycles. The van der Waals surface area contributed by atoms with E-state index in [1.54, 1.807) is 36.4 Å². The first-order valence-corrected chi connectivity index (χ1v) is 24.3. The lowest BCUT2D eigenvalue weighted by molar-refractivity contribution is 0.219. The van der Waals surface area contributed by atoms with Crippen LogP contribution in [-0.4, -0.2) is 18.5 Å². The predicted octanol–water partition coefficient (Wildman–Crippen LogP) is 9.04. The second-order valence-electron chi connectivity index (χ2n) is 18.2. The Morgan fingerprint density at radius 3 is 1.20 bits per heavy atom. The number of hydrogen-bond donors (Lipinski definition) is 1. The first-order chi connectivity index (χ1) is 34.3. The van der Waals surface area contributed by atoms with Gasteiger partial charge in [0.05, 0.1) is 49.8 Å². The molecule has 0 spiro atoms. The van der Waals surface area contributed by atoms with Crippen molar-refractivity contribution in [3.8, 4) is 5.69 Å². The molecule has 1 atom stereocenters. The lowest BCUT2D eigenvalue weighted by Gasteiger charge is -2.28. The van der Waals surface area contributed by atoms with Crippen molar-refractivity contribution < 1.29 is 5.11 Å². The first kappa shape index (κ1) is 39.1. The van der Waals surface area contributed by atoms with Crippen LogP contribution in [0.4, 0.5) is 0 Å². The lowest BCUT2D eigenvalue weighted by atomic mass is 9.92. The third-order valence-electron chi connectivity index (χ3n) is 14.8. The molecule has 0 bridgehead atoms. The summed E-state index contributed by atoms with van der Waals surface area (Å²) in [5.74, 6) is 0. The van der Waals surface area contributed by atoms with Crippen LogP contribution in [0.15, 0.2) is 206 Å². The number of aromatic nitrogens is 3. The van der Waals surface area contributed by atoms with Crippen LogP contribution >= 0.6 is 7.92 Å². The Balaban J connectivity index is 1.05. The minimum Gasteiger partial charge on any atom is -0.383 e. The van der Waals surface area contributed by atoms with Crippen LogP contribution < -0.4 is 43.1 Å². The van der Waals surface area contributed by atoms with Gasteiger partial charge in [-0.3, -0.25) is 24.0 Å². The molecule has 0 amide bonds. The van der Waals surface area contributed by atoms with E-state index < -0.39 is 14.0 Å². The molecule has 70 heavy (non-hydrogen) atoms. The molecule has 1 aliphatic heterocycles. The van der Waals surface area contributed by atoms with E-state index in [1.165, 1.54) is 0 Å². The van der Waals surface area contributed by atoms with Crippen LogP contribution in [0.5, 0.6) is 0 Å². The van der Waals surface area contributed by atoms with Gasteiger partial charge in [0.25, 0.3) is 0 Å². The van der Waals surface area contributed by atoms with Gasteiger partial charge in [0.2, 0.25) is 0 Å². The van der Waals surface area contributed by atoms with E-state index in [0.717, 1.165) is 27.2 Å². The normalized spacial score (nSPS) is 13.8. The molecular weight excluding hydrogens is 890 g/mol. The minimum absolute atomic E-state index is 0.134. The van der Waals surface area contributed by atoms with Crippen LogP contribution in [0.2, 0.25) is 0 Å². The third kappa shape index (κ3) is 4.94. The molecule has 328 valence electrons. The van der Waals surface area contributed by atoms with E-state index in [0.29, 0.717) is 104 Å². The van der Waals surface area contributed by atoms with Crippen molar-refractivity contribution in [3.63, 3.8) is 0 Å². The Bertz CT molecular complexity index is 4840. The molecule has 0 saturated heterocycles. The second kappa shape index (κ2) is 13.9. The highest BCUT2D eigenvalue weighted by Crippen LogP contribution is 2.42. The van der Waals surface area contributed by atoms with E-state index in [-0.39, 0.29) is 27.1 Å². The number of benzene rings is 9. The van der Waals surface area contributed by atoms with Gasteiger partial charge in [0.1, 0.15) is 6.10 Å². The molecule has 14 aromatic rings. The SMILES string of the molecule is O=c1c2cc(P(c3ccc4c(c3)c(=O)c3cccc5c(=O)c6ccccc6n4c53)c3ccc4c(c3)c(=O)c3cccc5c(=O)c6ccccc6n4c53)ccc2n2c3c(cccc13)C(O)c1ccccc1-2. The Labute approximate surface area is 394 Å². The zero-order valence-corrected chi connectivity index (χ0v) is 37.6. The molecule has 10 heteroatoms. The van der Waals surface area contributed by atoms with Crippen molar-refractivity contribution in [1.29, 1.82) is 0 Å². The van der Waals surface area contributed by atoms with Crippen molar-refractivity contribution in [2.45, 2.75) is 6.10 Å². The number of hydrogen-bond acceptors (Lipinski definition) is 6. The van der Waals surface area contributed by atoms with Gasteiger partial charge in [-0.1, -0.05) is 84.9 Å². The highest BCUT2D eigenvalue weighted by molar-refractivity contribution is 7.79. The van der Waals surface area contributed by atoms with E-state index in [1.807, 2.05) is 154 Å². The first-order valence-electron chi connectivity index (χ1n) is 23.0. The van der Waals surface area contributed by atoms with Crippen LogP contribution in [-0.2, 0) is 0 Å². The van der Waals surface area contributed by atoms with Gasteiger partial charge in [-0.05, 0) is 121 Å². The van der Waals surface area contributed by atoms with E-state index >= 15 is 0 Å². The summed E-state index contributed by atoms with van der Waals surface area (Å²) in [6, 6.07) is 56.5. The monoisotopic (exact) mass is 921 g/mol. The molecule has 5 aromatic heterocycles. The zero-order chi connectivity index (χ0) is 46.8. The standard InChI is InChI=1S/C60H32N3O6P/c64-55-34-10-1-4-19-46(34)61-49-25-22-31(28-43(49)58(67)40-16-7-13-37(55)52(40)61)70(32-23-26-50-44(29-32)59(68)41-17-8-14-38-53(41)62(50)47-20-5-2-11-35(47)56(38)65)33-24-27-51-45(30-33)60(69)42-18-9-15-39-54(42)63(51)48-21-6-3-12-36(48)57(39)66/h1-30,55,64H. The molecule has 0 aliphatic carbocycles. The van der Waals surface area contributed by atoms with Crippen molar-refractivity contribution >= 4 is 122 Å². The van der Waals surface area contributed by atoms with Crippen LogP contribution in [0.3, 0.4) is 0 Å². The highest BCUT2D eigenvalue weighted by atomic mass is 31.1. The van der Waals surface area contributed by atoms with E-state index in [2.05, 4.69) is 4.57 Å². The zero-order valence-electron chi connectivity index (χ0n) is 36.7. The summed E-state index contributed by atoms with van der Waals surface area (Å²) in [7, 11) is -1.62. The summed E-state index contributed by atoms with van der Waals surface area (Å²) in [5, 5.41) is 18.8. The quantitative estimate of drug-likeness (QED) is 0.107. The summed E-state index contributed by atoms with van der Waals surface area (Å²) >= 11 is 0. The Kier molecular flexibility index (Phi) is 7.75. The maximum Gasteiger partial charge on any atom is 0.197 e. The van der Waals surface area contributed by atoms with Crippen molar-refractivity contribution in [1.82, 2.24) is 13.4 Å². The fourth-order valence-corrected chi connectivity index (χ4v) is 14.1. The fraction of sp³-hybridized carbons (Fsp3) is 0.0167. The number of fused-ring (bicyclic) bond motifs is 12. The molecular formula is C60H32N3O6P. The van der Waals surface area contributed by atoms with Crippen molar-refractivity contribution in [3.05, 3.63) is 244 Å². The Morgan fingerprint density at radius 2 is 0.686 bits per heavy atom. The second-order valence-corrected chi connectivity index (χ2v) is 20.5. The molecule has 1 unspecified atom stereocenters. The molecule has 15 rings (SSSR count). The summed E-state index contributed by atoms with van der Waals surface area (Å²) in [5.41, 5.74) is 6.47. The maximum absolute atomic E-state index is 14.9. The van der Waals surface area contributed by atoms with Gasteiger partial charge in [-0.25, -0.2) is 0 Å². The van der Waals surface area contributed by atoms with Crippen molar-refractivity contribution in [2.75, 3.05) is 0 Å². The summed E-state index contributed by atoms with van der Waals surface area (Å²) in [6.45, 7) is 0. The number of pyridine rings is 5. The molecule has 1 aliphatic rings. The molecule has 0 radical (unpaired) electrons. The summed E-state index contributed by atoms with van der Waals surface area (Å²) in [4.78, 5) is 72.4. The van der Waals surface area contributed by atoms with Gasteiger partial charge in [-0.2, -0.15) is 0 Å². The van der Waals surface area contributed by atoms with Crippen LogP contribution in [0.1, 0.15) is 17.2 Å². The fourth-order valence-electron chi connectivity index (χ4n) is 11.7. The van der Waals surface area contributed by atoms with Crippen LogP contribution in [0.25, 0.3) is 104 Å². The number of nitrogens with zero attached hydrogens (tertiary/aromatic N) is 3. The highest BCUT2D eigenvalue weighted by Gasteiger charge is 2.29. The largest absolute Gasteiger partial charge is 0.383 e. The Hall–Kier alpha value is -8.88. The van der Waals surface area contributed by atoms with Gasteiger partial charge >= 0.3 is 0 Å². The molecule has 0 saturated carbocycles. The molecule has 9 nitrogen and oxygen atoms in total. The molecule has 9 aromatic carbocycles. The van der Waals surface area contributed by atoms with Crippen LogP contribution in [0, 0.1) is 0 Å². The molecule has 0 fully saturated rings. The Morgan fingerprint density at radius 1 is 0.329 bits per heavy atom. The maximum atomic E-state index is 14.9. The third-order valence-corrected chi connectivity index (χ3v) is 17.1.